The lowest BCUT2D eigenvalue weighted by Crippen LogP contribution is -2.44. The Hall–Kier alpha value is -2.32. The number of anilines is 1. The average Bonchev–Trinajstić information content (AvgIpc) is 3.18. The number of carboxylic acid groups (broad SMARTS) is 1. The fraction of sp³-hybridized carbons (Fsp3) is 0.500. The Morgan fingerprint density at radius 2 is 1.62 bits per heavy atom. The van der Waals surface area contributed by atoms with Crippen molar-refractivity contribution in [3.05, 3.63) is 18.2 Å². The van der Waals surface area contributed by atoms with Gasteiger partial charge in [-0.2, -0.15) is 0 Å². The Morgan fingerprint density at radius 1 is 1.00 bits per heavy atom. The molecular weight excluding hydrogens is 318 g/mol. The summed E-state index contributed by atoms with van der Waals surface area (Å²) in [5.74, 6) is -2.08. The number of amides is 1. The minimum absolute atomic E-state index is 0.160. The maximum absolute atomic E-state index is 12.7. The van der Waals surface area contributed by atoms with E-state index in [0.717, 1.165) is 0 Å². The zero-order chi connectivity index (χ0) is 17.0. The molecule has 8 nitrogen and oxygen atoms in total. The van der Waals surface area contributed by atoms with Gasteiger partial charge in [0, 0.05) is 11.8 Å². The van der Waals surface area contributed by atoms with Gasteiger partial charge in [0.25, 0.3) is 0 Å². The number of carbonyl (C=O) groups is 2. The van der Waals surface area contributed by atoms with Gasteiger partial charge in [-0.15, -0.1) is 0 Å². The first-order valence-electron chi connectivity index (χ1n) is 7.61. The molecule has 6 atom stereocenters. The van der Waals surface area contributed by atoms with E-state index in [2.05, 4.69) is 5.32 Å². The van der Waals surface area contributed by atoms with Crippen molar-refractivity contribution in [3.8, 4) is 11.5 Å². The maximum atomic E-state index is 12.7. The number of carboxylic acids is 1. The van der Waals surface area contributed by atoms with Crippen LogP contribution in [0.4, 0.5) is 5.69 Å². The van der Waals surface area contributed by atoms with Crippen molar-refractivity contribution in [1.82, 2.24) is 0 Å². The van der Waals surface area contributed by atoms with E-state index in [1.807, 2.05) is 0 Å². The summed E-state index contributed by atoms with van der Waals surface area (Å²) in [5, 5.41) is 12.2. The van der Waals surface area contributed by atoms with Crippen molar-refractivity contribution >= 4 is 17.6 Å². The first-order chi connectivity index (χ1) is 11.5. The van der Waals surface area contributed by atoms with Crippen LogP contribution < -0.4 is 14.8 Å². The van der Waals surface area contributed by atoms with Crippen LogP contribution in [-0.2, 0) is 19.1 Å². The molecular formula is C16H17NO7. The number of methoxy groups -OCH3 is 2. The number of ether oxygens (including phenoxy) is 4. The van der Waals surface area contributed by atoms with E-state index < -0.39 is 35.9 Å². The van der Waals surface area contributed by atoms with E-state index in [9.17, 15) is 14.7 Å². The van der Waals surface area contributed by atoms with Crippen molar-refractivity contribution in [2.24, 2.45) is 11.8 Å². The Balaban J connectivity index is 1.55. The van der Waals surface area contributed by atoms with Crippen LogP contribution in [0.1, 0.15) is 0 Å². The second-order valence-electron chi connectivity index (χ2n) is 6.08. The summed E-state index contributed by atoms with van der Waals surface area (Å²) in [4.78, 5) is 24.2. The first kappa shape index (κ1) is 15.2. The SMILES string of the molecule is COc1ccc(NC(=O)C2C3OC(C4OC43)C2C(=O)O)cc1OC. The van der Waals surface area contributed by atoms with Gasteiger partial charge in [0.2, 0.25) is 5.91 Å². The standard InChI is InChI=1S/C16H17NO7/c1-21-7-4-3-6(5-8(7)22-2)17-15(18)9-10(16(19)20)12-14-13(24-14)11(9)23-12/h3-5,9-14H,1-2H3,(H,17,18)(H,19,20). The molecule has 3 aliphatic rings. The number of aliphatic carboxylic acids is 1. The fourth-order valence-electron chi connectivity index (χ4n) is 3.73. The summed E-state index contributed by atoms with van der Waals surface area (Å²) in [6.45, 7) is 0. The molecule has 0 radical (unpaired) electrons. The van der Waals surface area contributed by atoms with E-state index in [4.69, 9.17) is 18.9 Å². The van der Waals surface area contributed by atoms with Crippen LogP contribution in [0.5, 0.6) is 11.5 Å². The van der Waals surface area contributed by atoms with E-state index >= 15 is 0 Å². The van der Waals surface area contributed by atoms with Crippen molar-refractivity contribution in [2.75, 3.05) is 19.5 Å². The normalized spacial score (nSPS) is 35.2. The second kappa shape index (κ2) is 5.35. The van der Waals surface area contributed by atoms with Crippen molar-refractivity contribution < 1.29 is 33.6 Å². The first-order valence-corrected chi connectivity index (χ1v) is 7.61. The van der Waals surface area contributed by atoms with E-state index in [0.29, 0.717) is 17.2 Å². The molecule has 0 aliphatic carbocycles. The average molecular weight is 335 g/mol. The van der Waals surface area contributed by atoms with Crippen LogP contribution in [0.25, 0.3) is 0 Å². The molecule has 3 fully saturated rings. The third-order valence-electron chi connectivity index (χ3n) is 4.86. The smallest absolute Gasteiger partial charge is 0.310 e. The lowest BCUT2D eigenvalue weighted by Gasteiger charge is -2.22. The van der Waals surface area contributed by atoms with Crippen LogP contribution >= 0.6 is 0 Å². The summed E-state index contributed by atoms with van der Waals surface area (Å²) in [6.07, 6.45) is -1.38. The summed E-state index contributed by atoms with van der Waals surface area (Å²) in [6, 6.07) is 4.96. The molecule has 1 amide bonds. The molecule has 3 aliphatic heterocycles. The van der Waals surface area contributed by atoms with Crippen LogP contribution in [0.15, 0.2) is 18.2 Å². The van der Waals surface area contributed by atoms with Gasteiger partial charge in [-0.1, -0.05) is 0 Å². The summed E-state index contributed by atoms with van der Waals surface area (Å²) >= 11 is 0. The fourth-order valence-corrected chi connectivity index (χ4v) is 3.73. The number of benzene rings is 1. The maximum Gasteiger partial charge on any atom is 0.310 e. The number of fused-ring (bicyclic) bond motifs is 5. The van der Waals surface area contributed by atoms with Crippen LogP contribution in [-0.4, -0.2) is 55.6 Å². The highest BCUT2D eigenvalue weighted by atomic mass is 16.7. The largest absolute Gasteiger partial charge is 0.493 e. The Bertz CT molecular complexity index is 706. The third kappa shape index (κ3) is 2.14. The molecule has 24 heavy (non-hydrogen) atoms. The molecule has 6 unspecified atom stereocenters. The molecule has 8 heteroatoms. The van der Waals surface area contributed by atoms with E-state index in [1.165, 1.54) is 14.2 Å². The second-order valence-corrected chi connectivity index (χ2v) is 6.08. The molecule has 0 aromatic heterocycles. The van der Waals surface area contributed by atoms with Crippen LogP contribution in [0.2, 0.25) is 0 Å². The highest BCUT2D eigenvalue weighted by molar-refractivity contribution is 5.96. The molecule has 1 aromatic carbocycles. The van der Waals surface area contributed by atoms with E-state index in [-0.39, 0.29) is 12.2 Å². The molecule has 128 valence electrons. The zero-order valence-corrected chi connectivity index (χ0v) is 13.1. The highest BCUT2D eigenvalue weighted by Crippen LogP contribution is 2.54. The monoisotopic (exact) mass is 335 g/mol. The van der Waals surface area contributed by atoms with Crippen molar-refractivity contribution in [2.45, 2.75) is 24.4 Å². The summed E-state index contributed by atoms with van der Waals surface area (Å²) in [7, 11) is 3.02. The molecule has 4 rings (SSSR count). The molecule has 0 spiro atoms. The highest BCUT2D eigenvalue weighted by Gasteiger charge is 2.72. The van der Waals surface area contributed by atoms with Gasteiger partial charge in [-0.05, 0) is 12.1 Å². The third-order valence-corrected chi connectivity index (χ3v) is 4.86. The minimum atomic E-state index is -1.04. The van der Waals surface area contributed by atoms with Gasteiger partial charge >= 0.3 is 5.97 Å². The van der Waals surface area contributed by atoms with Crippen molar-refractivity contribution in [1.29, 1.82) is 0 Å². The number of nitrogens with one attached hydrogen (secondary N) is 1. The number of hydrogen-bond donors (Lipinski definition) is 2. The molecule has 2 bridgehead atoms. The molecule has 2 N–H and O–H groups in total. The molecule has 1 aromatic rings. The number of rotatable bonds is 5. The predicted octanol–water partition coefficient (Wildman–Crippen LogP) is 0.508. The van der Waals surface area contributed by atoms with Crippen LogP contribution in [0.3, 0.4) is 0 Å². The Morgan fingerprint density at radius 3 is 2.25 bits per heavy atom. The van der Waals surface area contributed by atoms with Gasteiger partial charge in [0.1, 0.15) is 18.3 Å². The Labute approximate surface area is 137 Å². The summed E-state index contributed by atoms with van der Waals surface area (Å²) < 4.78 is 21.4. The van der Waals surface area contributed by atoms with Gasteiger partial charge in [-0.25, -0.2) is 0 Å². The van der Waals surface area contributed by atoms with E-state index in [1.54, 1.807) is 18.2 Å². The minimum Gasteiger partial charge on any atom is -0.493 e. The zero-order valence-electron chi connectivity index (χ0n) is 13.1. The lowest BCUT2D eigenvalue weighted by atomic mass is 9.78. The molecule has 3 heterocycles. The Kier molecular flexibility index (Phi) is 3.40. The van der Waals surface area contributed by atoms with Gasteiger partial charge < -0.3 is 29.4 Å². The van der Waals surface area contributed by atoms with Gasteiger partial charge in [0.05, 0.1) is 32.2 Å². The van der Waals surface area contributed by atoms with Crippen LogP contribution in [0, 0.1) is 11.8 Å². The summed E-state index contributed by atoms with van der Waals surface area (Å²) in [5.41, 5.74) is 0.498. The quantitative estimate of drug-likeness (QED) is 0.755. The van der Waals surface area contributed by atoms with Crippen molar-refractivity contribution in [3.63, 3.8) is 0 Å². The predicted molar refractivity (Wildman–Crippen MR) is 80.1 cm³/mol. The number of carbonyl (C=O) groups excluding carboxylic acids is 1. The molecule has 3 saturated heterocycles. The lowest BCUT2D eigenvalue weighted by molar-refractivity contribution is -0.147. The number of hydrogen-bond acceptors (Lipinski definition) is 6. The number of epoxide rings is 1. The molecule has 0 saturated carbocycles. The van der Waals surface area contributed by atoms with Gasteiger partial charge in [0.15, 0.2) is 11.5 Å². The topological polar surface area (TPSA) is 107 Å². The van der Waals surface area contributed by atoms with Gasteiger partial charge in [-0.3, -0.25) is 9.59 Å².